The first-order chi connectivity index (χ1) is 8.85. The molecule has 0 aromatic carbocycles. The zero-order valence-electron chi connectivity index (χ0n) is 11.5. The topological polar surface area (TPSA) is 24.5 Å². The first-order valence-electron chi connectivity index (χ1n) is 7.37. The normalized spacial score (nSPS) is 29.8. The summed E-state index contributed by atoms with van der Waals surface area (Å²) in [6.45, 7) is 6.49. The Bertz CT molecular complexity index is 287. The summed E-state index contributed by atoms with van der Waals surface area (Å²) in [6.07, 6.45) is 11.4. The van der Waals surface area contributed by atoms with Gasteiger partial charge in [0.05, 0.1) is 12.7 Å². The fraction of sp³-hybridized carbons (Fsp3) is 0.867. The van der Waals surface area contributed by atoms with Gasteiger partial charge in [0.1, 0.15) is 0 Å². The summed E-state index contributed by atoms with van der Waals surface area (Å²) < 4.78 is 6.08. The minimum atomic E-state index is 0.319. The molecule has 3 nitrogen and oxygen atoms in total. The fourth-order valence-electron chi connectivity index (χ4n) is 3.07. The number of rotatable bonds is 6. The predicted octanol–water partition coefficient (Wildman–Crippen LogP) is 1.63. The van der Waals surface area contributed by atoms with Crippen LogP contribution in [0.25, 0.3) is 0 Å². The summed E-state index contributed by atoms with van der Waals surface area (Å²) in [6, 6.07) is 1.10. The number of hydrogen-bond donors (Lipinski definition) is 1. The van der Waals surface area contributed by atoms with Gasteiger partial charge in [0.2, 0.25) is 0 Å². The predicted molar refractivity (Wildman–Crippen MR) is 74.5 cm³/mol. The monoisotopic (exact) mass is 250 g/mol. The van der Waals surface area contributed by atoms with Gasteiger partial charge >= 0.3 is 0 Å². The molecule has 2 aliphatic rings. The number of hydrogen-bond acceptors (Lipinski definition) is 3. The molecule has 0 bridgehead atoms. The SMILES string of the molecule is C#CCCC(NCCC)C1CN2CCCC2CO1. The van der Waals surface area contributed by atoms with Crippen molar-refractivity contribution in [1.29, 1.82) is 0 Å². The van der Waals surface area contributed by atoms with Gasteiger partial charge in [0.15, 0.2) is 0 Å². The molecule has 102 valence electrons. The summed E-state index contributed by atoms with van der Waals surface area (Å²) in [5.41, 5.74) is 0. The van der Waals surface area contributed by atoms with Crippen molar-refractivity contribution in [2.45, 2.75) is 57.2 Å². The van der Waals surface area contributed by atoms with E-state index in [-0.39, 0.29) is 0 Å². The summed E-state index contributed by atoms with van der Waals surface area (Å²) in [5, 5.41) is 3.61. The van der Waals surface area contributed by atoms with Crippen LogP contribution in [0.15, 0.2) is 0 Å². The van der Waals surface area contributed by atoms with Crippen LogP contribution in [-0.4, -0.2) is 49.3 Å². The molecule has 0 amide bonds. The van der Waals surface area contributed by atoms with Gasteiger partial charge in [-0.3, -0.25) is 4.90 Å². The van der Waals surface area contributed by atoms with Gasteiger partial charge in [-0.1, -0.05) is 6.92 Å². The Morgan fingerprint density at radius 2 is 2.44 bits per heavy atom. The number of ether oxygens (including phenoxy) is 1. The second kappa shape index (κ2) is 7.13. The van der Waals surface area contributed by atoms with Crippen molar-refractivity contribution >= 4 is 0 Å². The molecule has 2 heterocycles. The molecule has 0 spiro atoms. The van der Waals surface area contributed by atoms with E-state index in [0.29, 0.717) is 18.2 Å². The van der Waals surface area contributed by atoms with Crippen LogP contribution in [0.1, 0.15) is 39.0 Å². The molecule has 0 aliphatic carbocycles. The van der Waals surface area contributed by atoms with Gasteiger partial charge in [-0.25, -0.2) is 0 Å². The Labute approximate surface area is 111 Å². The molecule has 3 unspecified atom stereocenters. The van der Waals surface area contributed by atoms with E-state index in [4.69, 9.17) is 11.2 Å². The van der Waals surface area contributed by atoms with Crippen LogP contribution < -0.4 is 5.32 Å². The average Bonchev–Trinajstić information content (AvgIpc) is 2.86. The molecule has 2 aliphatic heterocycles. The van der Waals surface area contributed by atoms with Crippen molar-refractivity contribution in [2.24, 2.45) is 0 Å². The lowest BCUT2D eigenvalue weighted by atomic mass is 10.0. The van der Waals surface area contributed by atoms with Gasteiger partial charge in [0.25, 0.3) is 0 Å². The first-order valence-corrected chi connectivity index (χ1v) is 7.37. The maximum Gasteiger partial charge on any atom is 0.0855 e. The molecule has 2 fully saturated rings. The Kier molecular flexibility index (Phi) is 5.49. The third-order valence-electron chi connectivity index (χ3n) is 4.12. The van der Waals surface area contributed by atoms with Crippen LogP contribution in [-0.2, 0) is 4.74 Å². The highest BCUT2D eigenvalue weighted by Crippen LogP contribution is 2.24. The maximum atomic E-state index is 6.08. The van der Waals surface area contributed by atoms with E-state index >= 15 is 0 Å². The standard InChI is InChI=1S/C15H26N2O/c1-3-5-8-14(16-9-4-2)15-11-17-10-6-7-13(17)12-18-15/h1,13-16H,4-12H2,2H3. The summed E-state index contributed by atoms with van der Waals surface area (Å²) in [7, 11) is 0. The highest BCUT2D eigenvalue weighted by Gasteiger charge is 2.35. The fourth-order valence-corrected chi connectivity index (χ4v) is 3.07. The van der Waals surface area contributed by atoms with Crippen molar-refractivity contribution in [3.05, 3.63) is 0 Å². The minimum absolute atomic E-state index is 0.319. The third-order valence-corrected chi connectivity index (χ3v) is 4.12. The van der Waals surface area contributed by atoms with Gasteiger partial charge < -0.3 is 10.1 Å². The lowest BCUT2D eigenvalue weighted by Crippen LogP contribution is -2.54. The quantitative estimate of drug-likeness (QED) is 0.725. The molecule has 0 aromatic rings. The van der Waals surface area contributed by atoms with E-state index in [2.05, 4.69) is 23.1 Å². The third kappa shape index (κ3) is 3.47. The van der Waals surface area contributed by atoms with Crippen LogP contribution in [0.3, 0.4) is 0 Å². The smallest absolute Gasteiger partial charge is 0.0855 e. The molecule has 0 saturated carbocycles. The highest BCUT2D eigenvalue weighted by molar-refractivity contribution is 4.93. The second-order valence-corrected chi connectivity index (χ2v) is 5.47. The largest absolute Gasteiger partial charge is 0.374 e. The lowest BCUT2D eigenvalue weighted by Gasteiger charge is -2.39. The second-order valence-electron chi connectivity index (χ2n) is 5.47. The molecule has 2 saturated heterocycles. The summed E-state index contributed by atoms with van der Waals surface area (Å²) in [5.74, 6) is 2.75. The average molecular weight is 250 g/mol. The maximum absolute atomic E-state index is 6.08. The van der Waals surface area contributed by atoms with Crippen LogP contribution in [0.2, 0.25) is 0 Å². The van der Waals surface area contributed by atoms with Crippen LogP contribution in [0.5, 0.6) is 0 Å². The molecule has 1 N–H and O–H groups in total. The Morgan fingerprint density at radius 3 is 3.22 bits per heavy atom. The minimum Gasteiger partial charge on any atom is -0.374 e. The van der Waals surface area contributed by atoms with Gasteiger partial charge in [-0.15, -0.1) is 12.3 Å². The molecule has 0 aromatic heterocycles. The molecular weight excluding hydrogens is 224 g/mol. The molecule has 18 heavy (non-hydrogen) atoms. The van der Waals surface area contributed by atoms with Gasteiger partial charge in [-0.2, -0.15) is 0 Å². The van der Waals surface area contributed by atoms with Crippen molar-refractivity contribution in [1.82, 2.24) is 10.2 Å². The zero-order chi connectivity index (χ0) is 12.8. The van der Waals surface area contributed by atoms with E-state index in [9.17, 15) is 0 Å². The summed E-state index contributed by atoms with van der Waals surface area (Å²) in [4.78, 5) is 2.60. The van der Waals surface area contributed by atoms with E-state index in [1.54, 1.807) is 0 Å². The van der Waals surface area contributed by atoms with E-state index in [1.165, 1.54) is 19.4 Å². The molecule has 3 atom stereocenters. The van der Waals surface area contributed by atoms with Crippen molar-refractivity contribution in [3.63, 3.8) is 0 Å². The Morgan fingerprint density at radius 1 is 1.56 bits per heavy atom. The van der Waals surface area contributed by atoms with Crippen LogP contribution in [0.4, 0.5) is 0 Å². The van der Waals surface area contributed by atoms with Gasteiger partial charge in [-0.05, 0) is 38.8 Å². The van der Waals surface area contributed by atoms with E-state index < -0.39 is 0 Å². The number of terminal acetylenes is 1. The van der Waals surface area contributed by atoms with Gasteiger partial charge in [0, 0.05) is 25.0 Å². The molecule has 3 heteroatoms. The van der Waals surface area contributed by atoms with E-state index in [1.807, 2.05) is 0 Å². The van der Waals surface area contributed by atoms with Crippen LogP contribution >= 0.6 is 0 Å². The van der Waals surface area contributed by atoms with Crippen molar-refractivity contribution in [2.75, 3.05) is 26.2 Å². The highest BCUT2D eigenvalue weighted by atomic mass is 16.5. The lowest BCUT2D eigenvalue weighted by molar-refractivity contribution is -0.0653. The first kappa shape index (κ1) is 13.9. The van der Waals surface area contributed by atoms with Crippen LogP contribution in [0, 0.1) is 12.3 Å². The molecular formula is C15H26N2O. The number of morpholine rings is 1. The van der Waals surface area contributed by atoms with E-state index in [0.717, 1.165) is 39.0 Å². The molecule has 0 radical (unpaired) electrons. The number of nitrogens with one attached hydrogen (secondary N) is 1. The summed E-state index contributed by atoms with van der Waals surface area (Å²) >= 11 is 0. The Balaban J connectivity index is 1.86. The number of nitrogens with zero attached hydrogens (tertiary/aromatic N) is 1. The zero-order valence-corrected chi connectivity index (χ0v) is 11.5. The number of fused-ring (bicyclic) bond motifs is 1. The van der Waals surface area contributed by atoms with Crippen molar-refractivity contribution in [3.8, 4) is 12.3 Å². The Hall–Kier alpha value is -0.560. The molecule has 2 rings (SSSR count). The van der Waals surface area contributed by atoms with Crippen molar-refractivity contribution < 1.29 is 4.74 Å².